The van der Waals surface area contributed by atoms with E-state index < -0.39 is 0 Å². The van der Waals surface area contributed by atoms with Crippen LogP contribution in [0.5, 0.6) is 11.5 Å². The molecular weight excluding hydrogens is 290 g/mol. The Hall–Kier alpha value is -1.94. The van der Waals surface area contributed by atoms with Gasteiger partial charge in [-0.15, -0.1) is 0 Å². The minimum absolute atomic E-state index is 0.0477. The van der Waals surface area contributed by atoms with Gasteiger partial charge >= 0.3 is 0 Å². The van der Waals surface area contributed by atoms with Crippen LogP contribution in [0.15, 0.2) is 35.6 Å². The highest BCUT2D eigenvalue weighted by Crippen LogP contribution is 2.60. The summed E-state index contributed by atoms with van der Waals surface area (Å²) in [5.74, 6) is 2.70. The van der Waals surface area contributed by atoms with Gasteiger partial charge in [-0.2, -0.15) is 0 Å². The monoisotopic (exact) mass is 312 g/mol. The Labute approximate surface area is 136 Å². The van der Waals surface area contributed by atoms with E-state index in [0.717, 1.165) is 36.6 Å². The number of nitrogens with one attached hydrogen (secondary N) is 1. The first kappa shape index (κ1) is 13.5. The van der Waals surface area contributed by atoms with Crippen molar-refractivity contribution in [1.29, 1.82) is 0 Å². The van der Waals surface area contributed by atoms with E-state index >= 15 is 0 Å². The molecule has 4 nitrogen and oxygen atoms in total. The number of likely N-dealkylation sites (tertiary alicyclic amines) is 1. The largest absolute Gasteiger partial charge is 0.497 e. The van der Waals surface area contributed by atoms with Gasteiger partial charge in [0.1, 0.15) is 11.8 Å². The lowest BCUT2D eigenvalue weighted by molar-refractivity contribution is -0.906. The van der Waals surface area contributed by atoms with E-state index in [2.05, 4.69) is 31.3 Å². The summed E-state index contributed by atoms with van der Waals surface area (Å²) >= 11 is 0. The summed E-state index contributed by atoms with van der Waals surface area (Å²) in [6, 6.07) is 4.83. The lowest BCUT2D eigenvalue weighted by Crippen LogP contribution is -3.15. The first-order valence-electron chi connectivity index (χ1n) is 8.36. The Morgan fingerprint density at radius 2 is 2.09 bits per heavy atom. The second kappa shape index (κ2) is 4.32. The minimum Gasteiger partial charge on any atom is -0.497 e. The van der Waals surface area contributed by atoms with Crippen LogP contribution in [0.4, 0.5) is 0 Å². The molecule has 0 amide bonds. The van der Waals surface area contributed by atoms with Crippen molar-refractivity contribution in [3.63, 3.8) is 0 Å². The van der Waals surface area contributed by atoms with Crippen molar-refractivity contribution in [2.45, 2.75) is 30.4 Å². The Morgan fingerprint density at radius 1 is 1.22 bits per heavy atom. The van der Waals surface area contributed by atoms with Gasteiger partial charge in [-0.3, -0.25) is 0 Å². The number of piperidine rings is 1. The molecule has 1 spiro atoms. The number of allylic oxidation sites excluding steroid dienone is 2. The number of likely N-dealkylation sites (N-methyl/N-ethyl adjacent to an activating group) is 1. The van der Waals surface area contributed by atoms with Crippen molar-refractivity contribution in [2.24, 2.45) is 0 Å². The zero-order valence-electron chi connectivity index (χ0n) is 13.8. The molecule has 1 saturated heterocycles. The third kappa shape index (κ3) is 1.41. The maximum Gasteiger partial charge on any atom is 0.169 e. The van der Waals surface area contributed by atoms with Crippen LogP contribution in [0, 0.1) is 0 Å². The average Bonchev–Trinajstić information content (AvgIpc) is 2.92. The second-order valence-corrected chi connectivity index (χ2v) is 7.10. The molecule has 0 saturated carbocycles. The van der Waals surface area contributed by atoms with Gasteiger partial charge in [0.2, 0.25) is 0 Å². The van der Waals surface area contributed by atoms with Gasteiger partial charge in [-0.1, -0.05) is 12.1 Å². The molecule has 5 rings (SSSR count). The number of methoxy groups -OCH3 is 2. The lowest BCUT2D eigenvalue weighted by Gasteiger charge is -2.50. The predicted molar refractivity (Wildman–Crippen MR) is 86.1 cm³/mol. The fourth-order valence-corrected chi connectivity index (χ4v) is 5.24. The average molecular weight is 312 g/mol. The van der Waals surface area contributed by atoms with E-state index in [4.69, 9.17) is 14.2 Å². The number of hydrogen-bond acceptors (Lipinski definition) is 3. The van der Waals surface area contributed by atoms with E-state index in [0.29, 0.717) is 6.04 Å². The summed E-state index contributed by atoms with van der Waals surface area (Å²) in [5.41, 5.74) is 4.25. The molecule has 0 radical (unpaired) electrons. The van der Waals surface area contributed by atoms with Crippen LogP contribution >= 0.6 is 0 Å². The van der Waals surface area contributed by atoms with Crippen molar-refractivity contribution in [3.05, 3.63) is 46.7 Å². The van der Waals surface area contributed by atoms with Gasteiger partial charge in [-0.25, -0.2) is 0 Å². The highest BCUT2D eigenvalue weighted by Gasteiger charge is 2.63. The molecule has 1 aromatic carbocycles. The Balaban J connectivity index is 1.84. The summed E-state index contributed by atoms with van der Waals surface area (Å²) in [6.07, 6.45) is 6.53. The Morgan fingerprint density at radius 3 is 2.87 bits per heavy atom. The van der Waals surface area contributed by atoms with Crippen LogP contribution in [-0.4, -0.2) is 40.0 Å². The van der Waals surface area contributed by atoms with E-state index in [-0.39, 0.29) is 11.5 Å². The van der Waals surface area contributed by atoms with Crippen LogP contribution in [0.25, 0.3) is 0 Å². The van der Waals surface area contributed by atoms with Gasteiger partial charge in [-0.05, 0) is 17.7 Å². The summed E-state index contributed by atoms with van der Waals surface area (Å²) in [5, 5.41) is 0. The van der Waals surface area contributed by atoms with E-state index in [1.54, 1.807) is 19.1 Å². The van der Waals surface area contributed by atoms with E-state index in [1.165, 1.54) is 16.7 Å². The molecule has 2 aliphatic heterocycles. The van der Waals surface area contributed by atoms with Crippen LogP contribution in [-0.2, 0) is 16.6 Å². The van der Waals surface area contributed by atoms with Gasteiger partial charge in [0.05, 0.1) is 33.2 Å². The van der Waals surface area contributed by atoms with Crippen LogP contribution in [0.2, 0.25) is 0 Å². The molecule has 1 aromatic rings. The summed E-state index contributed by atoms with van der Waals surface area (Å²) in [4.78, 5) is 1.60. The maximum atomic E-state index is 6.47. The van der Waals surface area contributed by atoms with Crippen molar-refractivity contribution < 1.29 is 19.1 Å². The lowest BCUT2D eigenvalue weighted by atomic mass is 9.57. The Kier molecular flexibility index (Phi) is 2.54. The zero-order chi connectivity index (χ0) is 15.8. The SMILES string of the molecule is COC1=CC=C2C3Cc4ccc(OC)c5c4C2(CC[NH+]3C)C1O5. The molecule has 23 heavy (non-hydrogen) atoms. The highest BCUT2D eigenvalue weighted by atomic mass is 16.6. The number of rotatable bonds is 2. The van der Waals surface area contributed by atoms with Crippen LogP contribution in [0.1, 0.15) is 17.5 Å². The van der Waals surface area contributed by atoms with Crippen molar-refractivity contribution in [2.75, 3.05) is 27.8 Å². The van der Waals surface area contributed by atoms with Gasteiger partial charge in [0.15, 0.2) is 17.6 Å². The summed E-state index contributed by atoms with van der Waals surface area (Å²) < 4.78 is 17.7. The molecule has 2 bridgehead atoms. The molecule has 1 fully saturated rings. The molecule has 120 valence electrons. The molecule has 4 atom stereocenters. The first-order chi connectivity index (χ1) is 11.2. The molecule has 4 heteroatoms. The van der Waals surface area contributed by atoms with Gasteiger partial charge < -0.3 is 19.1 Å². The molecule has 1 N–H and O–H groups in total. The molecule has 0 aromatic heterocycles. The molecule has 2 heterocycles. The third-order valence-corrected chi connectivity index (χ3v) is 6.30. The number of benzene rings is 1. The fraction of sp³-hybridized carbons (Fsp3) is 0.474. The van der Waals surface area contributed by atoms with Crippen molar-refractivity contribution in [1.82, 2.24) is 0 Å². The maximum absolute atomic E-state index is 6.47. The second-order valence-electron chi connectivity index (χ2n) is 7.10. The predicted octanol–water partition coefficient (Wildman–Crippen LogP) is 1.01. The van der Waals surface area contributed by atoms with Crippen LogP contribution in [0.3, 0.4) is 0 Å². The minimum atomic E-state index is -0.0538. The summed E-state index contributed by atoms with van der Waals surface area (Å²) in [6.45, 7) is 1.16. The molecule has 2 aliphatic carbocycles. The quantitative estimate of drug-likeness (QED) is 0.884. The molecule has 4 aliphatic rings. The molecular formula is C19H22NO3+. The third-order valence-electron chi connectivity index (χ3n) is 6.30. The van der Waals surface area contributed by atoms with Gasteiger partial charge in [0, 0.05) is 24.0 Å². The number of quaternary nitrogens is 1. The number of ether oxygens (including phenoxy) is 3. The Bertz CT molecular complexity index is 766. The van der Waals surface area contributed by atoms with E-state index in [1.807, 2.05) is 0 Å². The normalized spacial score (nSPS) is 35.7. The first-order valence-corrected chi connectivity index (χ1v) is 8.36. The van der Waals surface area contributed by atoms with Crippen molar-refractivity contribution >= 4 is 0 Å². The smallest absolute Gasteiger partial charge is 0.169 e. The topological polar surface area (TPSA) is 32.1 Å². The highest BCUT2D eigenvalue weighted by molar-refractivity contribution is 5.67. The molecule has 4 unspecified atom stereocenters. The fourth-order valence-electron chi connectivity index (χ4n) is 5.24. The van der Waals surface area contributed by atoms with Gasteiger partial charge in [0.25, 0.3) is 0 Å². The number of hydrogen-bond donors (Lipinski definition) is 1. The summed E-state index contributed by atoms with van der Waals surface area (Å²) in [7, 11) is 5.77. The standard InChI is InChI=1S/C19H21NO3/c1-20-9-8-19-12-5-7-15(22-3)18(19)23-17-14(21-2)6-4-11(16(17)19)10-13(12)20/h4-7,13,18H,8-10H2,1-3H3/p+1. The van der Waals surface area contributed by atoms with Crippen molar-refractivity contribution in [3.8, 4) is 11.5 Å². The van der Waals surface area contributed by atoms with E-state index in [9.17, 15) is 0 Å². The zero-order valence-corrected chi connectivity index (χ0v) is 13.8. The van der Waals surface area contributed by atoms with Crippen LogP contribution < -0.4 is 14.4 Å².